The molecule has 3 atom stereocenters. The molecule has 0 amide bonds. The van der Waals surface area contributed by atoms with Crippen LogP contribution in [0, 0.1) is 5.92 Å². The van der Waals surface area contributed by atoms with Crippen LogP contribution in [0.15, 0.2) is 66.3 Å². The summed E-state index contributed by atoms with van der Waals surface area (Å²) in [5.41, 5.74) is 12.8. The highest BCUT2D eigenvalue weighted by atomic mass is 15.4. The van der Waals surface area contributed by atoms with E-state index in [1.807, 2.05) is 53.4 Å². The lowest BCUT2D eigenvalue weighted by Crippen LogP contribution is -2.52. The summed E-state index contributed by atoms with van der Waals surface area (Å²) in [6.45, 7) is 3.11. The summed E-state index contributed by atoms with van der Waals surface area (Å²) in [6, 6.07) is 10.4. The largest absolute Gasteiger partial charge is 0.339 e. The van der Waals surface area contributed by atoms with Gasteiger partial charge in [-0.15, -0.1) is 0 Å². The van der Waals surface area contributed by atoms with Crippen LogP contribution in [0.5, 0.6) is 0 Å². The van der Waals surface area contributed by atoms with Crippen LogP contribution >= 0.6 is 0 Å². The van der Waals surface area contributed by atoms with Crippen molar-refractivity contribution in [2.24, 2.45) is 10.9 Å². The van der Waals surface area contributed by atoms with Crippen LogP contribution in [0.2, 0.25) is 0 Å². The van der Waals surface area contributed by atoms with Crippen LogP contribution in [0.25, 0.3) is 5.52 Å². The van der Waals surface area contributed by atoms with Crippen LogP contribution in [-0.2, 0) is 0 Å². The zero-order chi connectivity index (χ0) is 24.6. The van der Waals surface area contributed by atoms with Gasteiger partial charge in [0.15, 0.2) is 5.84 Å². The van der Waals surface area contributed by atoms with Crippen LogP contribution in [0.1, 0.15) is 36.3 Å². The van der Waals surface area contributed by atoms with Crippen molar-refractivity contribution in [3.05, 3.63) is 72.4 Å². The second-order valence-electron chi connectivity index (χ2n) is 9.97. The fourth-order valence-electron chi connectivity index (χ4n) is 5.99. The summed E-state index contributed by atoms with van der Waals surface area (Å²) in [6.07, 6.45) is 13.1. The van der Waals surface area contributed by atoms with Gasteiger partial charge in [0.25, 0.3) is 0 Å². The number of amidine groups is 1. The van der Waals surface area contributed by atoms with E-state index in [1.54, 1.807) is 12.4 Å². The molecule has 37 heavy (non-hydrogen) atoms. The third kappa shape index (κ3) is 4.28. The van der Waals surface area contributed by atoms with Crippen LogP contribution < -0.4 is 26.8 Å². The Morgan fingerprint density at radius 3 is 2.95 bits per heavy atom. The molecule has 0 aromatic carbocycles. The molecule has 3 unspecified atom stereocenters. The van der Waals surface area contributed by atoms with Crippen molar-refractivity contribution in [3.8, 4) is 0 Å². The lowest BCUT2D eigenvalue weighted by atomic mass is 9.83. The summed E-state index contributed by atoms with van der Waals surface area (Å²) in [7, 11) is 0. The quantitative estimate of drug-likeness (QED) is 0.287. The third-order valence-electron chi connectivity index (χ3n) is 7.75. The highest BCUT2D eigenvalue weighted by molar-refractivity contribution is 6.04. The second kappa shape index (κ2) is 9.45. The van der Waals surface area contributed by atoms with Gasteiger partial charge in [0.05, 0.1) is 29.3 Å². The average Bonchev–Trinajstić information content (AvgIpc) is 3.63. The Kier molecular flexibility index (Phi) is 5.67. The van der Waals surface area contributed by atoms with E-state index in [0.717, 1.165) is 59.4 Å². The predicted octanol–water partition coefficient (Wildman–Crippen LogP) is 3.32. The standard InChI is InChI=1S/C27H30N10/c1-2-20(21(3-1)23-14-28-10-11-30-23)22-13-29-15-24-26(22)35-36-27(34-24)17-6-8-31-25(12-17)33-18-4-5-19-7-9-32-37(19)16-18/h4-9,12-13,15-16,20-21,23,28,30,35H,1-3,10-11,14H2,(H,31,33)(H,34,36). The van der Waals surface area contributed by atoms with Crippen molar-refractivity contribution in [2.45, 2.75) is 31.2 Å². The Morgan fingerprint density at radius 1 is 1.00 bits per heavy atom. The highest BCUT2D eigenvalue weighted by Crippen LogP contribution is 2.46. The van der Waals surface area contributed by atoms with Crippen molar-refractivity contribution in [3.63, 3.8) is 0 Å². The number of pyridine rings is 3. The van der Waals surface area contributed by atoms with Gasteiger partial charge in [0.2, 0.25) is 0 Å². The lowest BCUT2D eigenvalue weighted by molar-refractivity contribution is 0.292. The molecule has 5 N–H and O–H groups in total. The van der Waals surface area contributed by atoms with Gasteiger partial charge in [0.1, 0.15) is 11.5 Å². The topological polar surface area (TPSA) is 116 Å². The minimum Gasteiger partial charge on any atom is -0.339 e. The Bertz CT molecular complexity index is 1450. The first-order valence-corrected chi connectivity index (χ1v) is 13.0. The van der Waals surface area contributed by atoms with E-state index >= 15 is 0 Å². The fraction of sp³-hybridized carbons (Fsp3) is 0.333. The molecule has 4 aromatic heterocycles. The number of hydrogen-bond donors (Lipinski definition) is 5. The first-order valence-electron chi connectivity index (χ1n) is 13.0. The average molecular weight is 495 g/mol. The molecule has 1 aliphatic carbocycles. The zero-order valence-electron chi connectivity index (χ0n) is 20.5. The van der Waals surface area contributed by atoms with E-state index in [4.69, 9.17) is 4.99 Å². The van der Waals surface area contributed by atoms with Gasteiger partial charge >= 0.3 is 0 Å². The molecule has 1 saturated heterocycles. The van der Waals surface area contributed by atoms with Crippen molar-refractivity contribution in [1.29, 1.82) is 0 Å². The minimum atomic E-state index is 0.467. The highest BCUT2D eigenvalue weighted by Gasteiger charge is 2.37. The van der Waals surface area contributed by atoms with Gasteiger partial charge in [-0.25, -0.2) is 14.5 Å². The molecule has 3 aliphatic rings. The van der Waals surface area contributed by atoms with Crippen LogP contribution in [-0.4, -0.2) is 51.1 Å². The molecule has 1 saturated carbocycles. The summed E-state index contributed by atoms with van der Waals surface area (Å²) >= 11 is 0. The monoisotopic (exact) mass is 494 g/mol. The van der Waals surface area contributed by atoms with Crippen molar-refractivity contribution in [2.75, 3.05) is 30.4 Å². The van der Waals surface area contributed by atoms with Gasteiger partial charge in [-0.3, -0.25) is 15.8 Å². The number of anilines is 3. The van der Waals surface area contributed by atoms with E-state index in [9.17, 15) is 0 Å². The summed E-state index contributed by atoms with van der Waals surface area (Å²) in [5, 5.41) is 15.0. The Labute approximate surface area is 215 Å². The van der Waals surface area contributed by atoms with Gasteiger partial charge in [-0.05, 0) is 55.0 Å². The normalized spacial score (nSPS) is 23.1. The number of nitrogens with zero attached hydrogens (tertiary/aromatic N) is 5. The molecule has 7 rings (SSSR count). The van der Waals surface area contributed by atoms with Gasteiger partial charge in [-0.2, -0.15) is 5.10 Å². The molecule has 0 bridgehead atoms. The minimum absolute atomic E-state index is 0.467. The van der Waals surface area contributed by atoms with E-state index < -0.39 is 0 Å². The molecule has 2 aliphatic heterocycles. The Morgan fingerprint density at radius 2 is 2.00 bits per heavy atom. The molecule has 2 fully saturated rings. The smallest absolute Gasteiger partial charge is 0.152 e. The van der Waals surface area contributed by atoms with Crippen LogP contribution in [0.4, 0.5) is 22.9 Å². The maximum absolute atomic E-state index is 4.95. The van der Waals surface area contributed by atoms with Gasteiger partial charge in [0, 0.05) is 55.4 Å². The summed E-state index contributed by atoms with van der Waals surface area (Å²) < 4.78 is 1.83. The molecule has 0 spiro atoms. The lowest BCUT2D eigenvalue weighted by Gasteiger charge is -2.34. The molecule has 4 aromatic rings. The first kappa shape index (κ1) is 22.2. The van der Waals surface area contributed by atoms with Crippen LogP contribution in [0.3, 0.4) is 0 Å². The number of piperazine rings is 1. The molecule has 188 valence electrons. The number of hydrazine groups is 1. The van der Waals surface area contributed by atoms with E-state index in [0.29, 0.717) is 17.9 Å². The molecular formula is C27H30N10. The number of fused-ring (bicyclic) bond motifs is 2. The molecular weight excluding hydrogens is 464 g/mol. The number of hydrogen-bond acceptors (Lipinski definition) is 9. The molecule has 10 nitrogen and oxygen atoms in total. The maximum Gasteiger partial charge on any atom is 0.152 e. The second-order valence-corrected chi connectivity index (χ2v) is 9.97. The Hall–Kier alpha value is -4.02. The van der Waals surface area contributed by atoms with Crippen molar-refractivity contribution >= 4 is 34.2 Å². The van der Waals surface area contributed by atoms with E-state index in [1.165, 1.54) is 24.8 Å². The molecule has 10 heteroatoms. The number of aliphatic imine (C=N–C) groups is 1. The first-order chi connectivity index (χ1) is 18.3. The van der Waals surface area contributed by atoms with Crippen molar-refractivity contribution < 1.29 is 0 Å². The van der Waals surface area contributed by atoms with E-state index in [-0.39, 0.29) is 0 Å². The fourth-order valence-corrected chi connectivity index (χ4v) is 5.99. The van der Waals surface area contributed by atoms with E-state index in [2.05, 4.69) is 41.9 Å². The molecule has 6 heterocycles. The van der Waals surface area contributed by atoms with Gasteiger partial charge in [-0.1, -0.05) is 6.42 Å². The zero-order valence-corrected chi connectivity index (χ0v) is 20.5. The summed E-state index contributed by atoms with van der Waals surface area (Å²) in [5.74, 6) is 2.53. The Balaban J connectivity index is 1.14. The third-order valence-corrected chi connectivity index (χ3v) is 7.75. The maximum atomic E-state index is 4.95. The SMILES string of the molecule is c1cc(C2=Nc3cncc(C4CCCC4C4CNCCN4)c3NN2)cc(Nc2ccc3ccnn3c2)n1. The summed E-state index contributed by atoms with van der Waals surface area (Å²) in [4.78, 5) is 14.0. The van der Waals surface area contributed by atoms with Crippen molar-refractivity contribution in [1.82, 2.24) is 35.6 Å². The number of rotatable bonds is 5. The molecule has 0 radical (unpaired) electrons. The number of aromatic nitrogens is 4. The van der Waals surface area contributed by atoms with Gasteiger partial charge < -0.3 is 16.0 Å². The number of nitrogens with one attached hydrogen (secondary N) is 5. The predicted molar refractivity (Wildman–Crippen MR) is 145 cm³/mol.